The summed E-state index contributed by atoms with van der Waals surface area (Å²) >= 11 is 0. The molecule has 2 amide bonds. The summed E-state index contributed by atoms with van der Waals surface area (Å²) in [5.74, 6) is -2.78. The van der Waals surface area contributed by atoms with Crippen molar-refractivity contribution >= 4 is 54.6 Å². The van der Waals surface area contributed by atoms with Crippen LogP contribution in [0.2, 0.25) is 0 Å². The van der Waals surface area contributed by atoms with Crippen LogP contribution >= 0.6 is 0 Å². The minimum absolute atomic E-state index is 0.0394. The van der Waals surface area contributed by atoms with Gasteiger partial charge in [-0.3, -0.25) is 18.2 Å². The third-order valence-corrected chi connectivity index (χ3v) is 10.5. The van der Waals surface area contributed by atoms with E-state index in [2.05, 4.69) is 10.6 Å². The molecule has 0 fully saturated rings. The van der Waals surface area contributed by atoms with Crippen molar-refractivity contribution in [3.05, 3.63) is 145 Å². The highest BCUT2D eigenvalue weighted by Gasteiger charge is 2.29. The van der Waals surface area contributed by atoms with Gasteiger partial charge in [-0.1, -0.05) is 48.5 Å². The number of para-hydroxylation sites is 2. The Morgan fingerprint density at radius 2 is 0.792 bits per heavy atom. The molecular weight excluding hydrogens is 663 g/mol. The van der Waals surface area contributed by atoms with Crippen LogP contribution in [-0.2, 0) is 29.6 Å². The standard InChI is InChI=1S/C34H28F2N4O6S2/c35-25-15-19-27(20-16-25)39(47(43,44)29-9-3-1-4-10-29)23-33(41)37-31-13-7-8-14-32(31)38-34(42)24-40(28-21-17-26(36)18-22-28)48(45,46)30-11-5-2-6-12-30/h1-22H,23-24H2,(H,37,41)(H,38,42). The van der Waals surface area contributed by atoms with Crippen molar-refractivity contribution in [3.8, 4) is 0 Å². The summed E-state index contributed by atoms with van der Waals surface area (Å²) in [6.07, 6.45) is 0. The Labute approximate surface area is 276 Å². The van der Waals surface area contributed by atoms with Crippen LogP contribution in [0.3, 0.4) is 0 Å². The van der Waals surface area contributed by atoms with Crippen LogP contribution in [0.5, 0.6) is 0 Å². The fourth-order valence-corrected chi connectivity index (χ4v) is 7.51. The van der Waals surface area contributed by atoms with Crippen molar-refractivity contribution in [2.75, 3.05) is 32.3 Å². The quantitative estimate of drug-likeness (QED) is 0.174. The van der Waals surface area contributed by atoms with Crippen LogP contribution in [0.1, 0.15) is 0 Å². The highest BCUT2D eigenvalue weighted by Crippen LogP contribution is 2.27. The minimum Gasteiger partial charge on any atom is -0.323 e. The Kier molecular flexibility index (Phi) is 10.2. The SMILES string of the molecule is O=C(CN(c1ccc(F)cc1)S(=O)(=O)c1ccccc1)Nc1ccccc1NC(=O)CN(c1ccc(F)cc1)S(=O)(=O)c1ccccc1. The normalized spacial score (nSPS) is 11.4. The summed E-state index contributed by atoms with van der Waals surface area (Å²) in [6.45, 7) is -1.42. The summed E-state index contributed by atoms with van der Waals surface area (Å²) in [6, 6.07) is 30.1. The number of carbonyl (C=O) groups excluding carboxylic acids is 2. The first-order chi connectivity index (χ1) is 22.9. The number of nitrogens with one attached hydrogen (secondary N) is 2. The van der Waals surface area contributed by atoms with E-state index in [0.29, 0.717) is 0 Å². The van der Waals surface area contributed by atoms with Gasteiger partial charge in [0.1, 0.15) is 24.7 Å². The molecule has 0 saturated carbocycles. The highest BCUT2D eigenvalue weighted by atomic mass is 32.2. The Hall–Kier alpha value is -5.60. The van der Waals surface area contributed by atoms with Gasteiger partial charge in [0.15, 0.2) is 0 Å². The Morgan fingerprint density at radius 1 is 0.479 bits per heavy atom. The van der Waals surface area contributed by atoms with Crippen molar-refractivity contribution in [2.24, 2.45) is 0 Å². The molecule has 2 N–H and O–H groups in total. The molecule has 10 nitrogen and oxygen atoms in total. The minimum atomic E-state index is -4.27. The second-order valence-electron chi connectivity index (χ2n) is 10.2. The molecule has 48 heavy (non-hydrogen) atoms. The van der Waals surface area contributed by atoms with Gasteiger partial charge >= 0.3 is 0 Å². The van der Waals surface area contributed by atoms with E-state index in [1.165, 1.54) is 84.9 Å². The lowest BCUT2D eigenvalue weighted by Gasteiger charge is -2.25. The Bertz CT molecular complexity index is 1960. The maximum absolute atomic E-state index is 13.7. The summed E-state index contributed by atoms with van der Waals surface area (Å²) < 4.78 is 83.3. The predicted molar refractivity (Wildman–Crippen MR) is 178 cm³/mol. The van der Waals surface area contributed by atoms with Crippen molar-refractivity contribution in [2.45, 2.75) is 9.79 Å². The van der Waals surface area contributed by atoms with Crippen LogP contribution in [0.4, 0.5) is 31.5 Å². The van der Waals surface area contributed by atoms with Gasteiger partial charge in [-0.15, -0.1) is 0 Å². The molecule has 0 unspecified atom stereocenters. The number of sulfonamides is 2. The van der Waals surface area contributed by atoms with Crippen LogP contribution in [-0.4, -0.2) is 41.7 Å². The van der Waals surface area contributed by atoms with Crippen LogP contribution in [0.15, 0.2) is 143 Å². The molecule has 5 aromatic carbocycles. The summed E-state index contributed by atoms with van der Waals surface area (Å²) in [5.41, 5.74) is 0.257. The van der Waals surface area contributed by atoms with Gasteiger partial charge in [-0.25, -0.2) is 25.6 Å². The Morgan fingerprint density at radius 3 is 1.12 bits per heavy atom. The zero-order chi connectivity index (χ0) is 34.3. The van der Waals surface area contributed by atoms with E-state index < -0.39 is 56.6 Å². The molecule has 0 bridgehead atoms. The number of hydrogen-bond acceptors (Lipinski definition) is 6. The molecule has 0 aliphatic carbocycles. The number of hydrogen-bond donors (Lipinski definition) is 2. The zero-order valence-corrected chi connectivity index (χ0v) is 26.7. The monoisotopic (exact) mass is 690 g/mol. The van der Waals surface area contributed by atoms with Crippen molar-refractivity contribution in [1.29, 1.82) is 0 Å². The second-order valence-corrected chi connectivity index (χ2v) is 14.0. The van der Waals surface area contributed by atoms with Gasteiger partial charge in [0.25, 0.3) is 20.0 Å². The van der Waals surface area contributed by atoms with E-state index in [1.807, 2.05) is 0 Å². The lowest BCUT2D eigenvalue weighted by Crippen LogP contribution is -2.39. The number of carbonyl (C=O) groups is 2. The average molecular weight is 691 g/mol. The van der Waals surface area contributed by atoms with Crippen molar-refractivity contribution in [1.82, 2.24) is 0 Å². The number of nitrogens with zero attached hydrogens (tertiary/aromatic N) is 2. The third-order valence-electron chi connectivity index (χ3n) is 6.94. The molecule has 0 saturated heterocycles. The molecule has 246 valence electrons. The maximum atomic E-state index is 13.7. The number of rotatable bonds is 12. The molecule has 0 atom stereocenters. The van der Waals surface area contributed by atoms with E-state index in [4.69, 9.17) is 0 Å². The summed E-state index contributed by atoms with van der Waals surface area (Å²) in [7, 11) is -8.54. The van der Waals surface area contributed by atoms with Gasteiger partial charge in [0.2, 0.25) is 11.8 Å². The van der Waals surface area contributed by atoms with Crippen molar-refractivity contribution < 1.29 is 35.2 Å². The second kappa shape index (κ2) is 14.4. The molecule has 5 aromatic rings. The number of halogens is 2. The van der Waals surface area contributed by atoms with E-state index >= 15 is 0 Å². The Balaban J connectivity index is 1.38. The smallest absolute Gasteiger partial charge is 0.264 e. The number of amides is 2. The van der Waals surface area contributed by atoms with Gasteiger partial charge in [-0.05, 0) is 84.9 Å². The van der Waals surface area contributed by atoms with Crippen molar-refractivity contribution in [3.63, 3.8) is 0 Å². The van der Waals surface area contributed by atoms with Gasteiger partial charge in [0.05, 0.1) is 32.5 Å². The fourth-order valence-electron chi connectivity index (χ4n) is 4.63. The first kappa shape index (κ1) is 33.8. The highest BCUT2D eigenvalue weighted by molar-refractivity contribution is 7.93. The van der Waals surface area contributed by atoms with Gasteiger partial charge in [0, 0.05) is 0 Å². The van der Waals surface area contributed by atoms with E-state index in [1.54, 1.807) is 24.3 Å². The predicted octanol–water partition coefficient (Wildman–Crippen LogP) is 5.63. The number of benzene rings is 5. The molecule has 0 aliphatic heterocycles. The van der Waals surface area contributed by atoms with E-state index in [9.17, 15) is 35.2 Å². The van der Waals surface area contributed by atoms with Gasteiger partial charge in [-0.2, -0.15) is 0 Å². The van der Waals surface area contributed by atoms with E-state index in [-0.39, 0.29) is 32.5 Å². The summed E-state index contributed by atoms with van der Waals surface area (Å²) in [4.78, 5) is 26.5. The first-order valence-electron chi connectivity index (χ1n) is 14.3. The molecular formula is C34H28F2N4O6S2. The summed E-state index contributed by atoms with van der Waals surface area (Å²) in [5, 5.41) is 5.18. The molecule has 5 rings (SSSR count). The lowest BCUT2D eigenvalue weighted by atomic mass is 10.2. The van der Waals surface area contributed by atoms with Crippen LogP contribution in [0.25, 0.3) is 0 Å². The average Bonchev–Trinajstić information content (AvgIpc) is 3.08. The lowest BCUT2D eigenvalue weighted by molar-refractivity contribution is -0.115. The zero-order valence-electron chi connectivity index (χ0n) is 25.0. The number of anilines is 4. The van der Waals surface area contributed by atoms with Gasteiger partial charge < -0.3 is 10.6 Å². The third kappa shape index (κ3) is 7.85. The molecule has 0 spiro atoms. The largest absolute Gasteiger partial charge is 0.323 e. The fraction of sp³-hybridized carbons (Fsp3) is 0.0588. The molecule has 0 heterocycles. The van der Waals surface area contributed by atoms with E-state index in [0.717, 1.165) is 32.9 Å². The molecule has 0 aromatic heterocycles. The molecule has 14 heteroatoms. The maximum Gasteiger partial charge on any atom is 0.264 e. The van der Waals surface area contributed by atoms with Crippen LogP contribution < -0.4 is 19.2 Å². The topological polar surface area (TPSA) is 133 Å². The molecule has 0 aliphatic rings. The van der Waals surface area contributed by atoms with Crippen LogP contribution in [0, 0.1) is 11.6 Å². The molecule has 0 radical (unpaired) electrons. The first-order valence-corrected chi connectivity index (χ1v) is 17.2.